The lowest BCUT2D eigenvalue weighted by atomic mass is 9.67. The standard InChI is InChI=1S/C25H29F2N5/c1-5-32(24-28-12-7-13-29-24)15-25(4)11-10-17(16(2)3)18-14-21(30-31-23(18)25)22-19(26)8-6-9-20(22)27/h6-9,12-14,16-17H,5,10-11,15H2,1-4H3/t17-,25-/m1/s1. The summed E-state index contributed by atoms with van der Waals surface area (Å²) >= 11 is 0. The molecule has 5 nitrogen and oxygen atoms in total. The number of hydrogen-bond acceptors (Lipinski definition) is 5. The molecule has 32 heavy (non-hydrogen) atoms. The van der Waals surface area contributed by atoms with Crippen LogP contribution in [0.15, 0.2) is 42.7 Å². The first-order chi connectivity index (χ1) is 15.3. The van der Waals surface area contributed by atoms with E-state index in [0.29, 0.717) is 18.4 Å². The van der Waals surface area contributed by atoms with Crippen LogP contribution in [0, 0.1) is 17.6 Å². The van der Waals surface area contributed by atoms with Crippen LogP contribution >= 0.6 is 0 Å². The van der Waals surface area contributed by atoms with Crippen LogP contribution in [-0.2, 0) is 5.41 Å². The molecule has 0 N–H and O–H groups in total. The molecule has 0 unspecified atom stereocenters. The van der Waals surface area contributed by atoms with Crippen molar-refractivity contribution in [2.75, 3.05) is 18.0 Å². The molecule has 0 bridgehead atoms. The van der Waals surface area contributed by atoms with Gasteiger partial charge in [-0.15, -0.1) is 0 Å². The summed E-state index contributed by atoms with van der Waals surface area (Å²) in [6.45, 7) is 10.1. The van der Waals surface area contributed by atoms with Crippen molar-refractivity contribution in [3.63, 3.8) is 0 Å². The van der Waals surface area contributed by atoms with Crippen molar-refractivity contribution in [1.29, 1.82) is 0 Å². The highest BCUT2D eigenvalue weighted by atomic mass is 19.1. The van der Waals surface area contributed by atoms with E-state index < -0.39 is 11.6 Å². The molecule has 1 aromatic carbocycles. The summed E-state index contributed by atoms with van der Waals surface area (Å²) in [5, 5.41) is 8.89. The number of aromatic nitrogens is 4. The van der Waals surface area contributed by atoms with Gasteiger partial charge >= 0.3 is 0 Å². The molecule has 0 fully saturated rings. The Kier molecular flexibility index (Phi) is 6.17. The van der Waals surface area contributed by atoms with Crippen LogP contribution in [0.3, 0.4) is 0 Å². The lowest BCUT2D eigenvalue weighted by molar-refractivity contribution is 0.315. The van der Waals surface area contributed by atoms with E-state index in [2.05, 4.69) is 52.8 Å². The number of halogens is 2. The van der Waals surface area contributed by atoms with Gasteiger partial charge in [0.05, 0.1) is 17.0 Å². The molecule has 7 heteroatoms. The summed E-state index contributed by atoms with van der Waals surface area (Å²) in [6.07, 6.45) is 5.39. The molecule has 1 aliphatic carbocycles. The van der Waals surface area contributed by atoms with Crippen LogP contribution in [0.4, 0.5) is 14.7 Å². The van der Waals surface area contributed by atoms with Crippen molar-refractivity contribution in [1.82, 2.24) is 20.2 Å². The van der Waals surface area contributed by atoms with Crippen LogP contribution in [0.25, 0.3) is 11.3 Å². The maximum Gasteiger partial charge on any atom is 0.225 e. The minimum atomic E-state index is -0.627. The average Bonchev–Trinajstić information content (AvgIpc) is 2.78. The van der Waals surface area contributed by atoms with Crippen molar-refractivity contribution in [3.05, 3.63) is 65.6 Å². The Morgan fingerprint density at radius 3 is 2.41 bits per heavy atom. The van der Waals surface area contributed by atoms with Crippen molar-refractivity contribution < 1.29 is 8.78 Å². The van der Waals surface area contributed by atoms with Crippen molar-refractivity contribution in [3.8, 4) is 11.3 Å². The molecule has 2 atom stereocenters. The van der Waals surface area contributed by atoms with E-state index >= 15 is 0 Å². The van der Waals surface area contributed by atoms with Crippen LogP contribution in [-0.4, -0.2) is 33.3 Å². The van der Waals surface area contributed by atoms with Crippen LogP contribution in [0.2, 0.25) is 0 Å². The minimum Gasteiger partial charge on any atom is -0.340 e. The summed E-state index contributed by atoms with van der Waals surface area (Å²) in [7, 11) is 0. The van der Waals surface area contributed by atoms with Gasteiger partial charge in [0.25, 0.3) is 0 Å². The van der Waals surface area contributed by atoms with Gasteiger partial charge < -0.3 is 4.90 Å². The molecule has 1 aliphatic rings. The Balaban J connectivity index is 1.78. The molecule has 0 amide bonds. The average molecular weight is 438 g/mol. The second-order valence-electron chi connectivity index (χ2n) is 9.14. The lowest BCUT2D eigenvalue weighted by Crippen LogP contribution is -2.43. The molecular formula is C25H29F2N5. The van der Waals surface area contributed by atoms with E-state index in [-0.39, 0.29) is 22.6 Å². The monoisotopic (exact) mass is 437 g/mol. The number of hydrogen-bond donors (Lipinski definition) is 0. The molecular weight excluding hydrogens is 408 g/mol. The molecule has 0 saturated heterocycles. The highest BCUT2D eigenvalue weighted by Gasteiger charge is 2.41. The fourth-order valence-corrected chi connectivity index (χ4v) is 4.82. The maximum atomic E-state index is 14.5. The van der Waals surface area contributed by atoms with E-state index in [1.807, 2.05) is 6.07 Å². The number of anilines is 1. The molecule has 0 aliphatic heterocycles. The highest BCUT2D eigenvalue weighted by Crippen LogP contribution is 2.46. The largest absolute Gasteiger partial charge is 0.340 e. The van der Waals surface area contributed by atoms with Gasteiger partial charge in [0.15, 0.2) is 0 Å². The highest BCUT2D eigenvalue weighted by molar-refractivity contribution is 5.62. The number of benzene rings is 1. The molecule has 168 valence electrons. The zero-order valence-electron chi connectivity index (χ0n) is 19.0. The topological polar surface area (TPSA) is 54.8 Å². The predicted octanol–water partition coefficient (Wildman–Crippen LogP) is 5.53. The Labute approximate surface area is 187 Å². The summed E-state index contributed by atoms with van der Waals surface area (Å²) in [5.41, 5.74) is 1.78. The summed E-state index contributed by atoms with van der Waals surface area (Å²) in [5.74, 6) is 0.0575. The van der Waals surface area contributed by atoms with Gasteiger partial charge in [0.2, 0.25) is 5.95 Å². The second-order valence-corrected chi connectivity index (χ2v) is 9.14. The first-order valence-electron chi connectivity index (χ1n) is 11.2. The molecule has 3 aromatic rings. The predicted molar refractivity (Wildman–Crippen MR) is 121 cm³/mol. The third-order valence-electron chi connectivity index (χ3n) is 6.58. The normalized spacial score (nSPS) is 20.3. The van der Waals surface area contributed by atoms with Crippen LogP contribution < -0.4 is 4.90 Å². The molecule has 0 spiro atoms. The number of rotatable bonds is 6. The van der Waals surface area contributed by atoms with Gasteiger partial charge in [0.1, 0.15) is 11.6 Å². The third kappa shape index (κ3) is 4.08. The Morgan fingerprint density at radius 1 is 1.09 bits per heavy atom. The number of likely N-dealkylation sites (N-methyl/N-ethyl adjacent to an activating group) is 1. The van der Waals surface area contributed by atoms with Gasteiger partial charge in [-0.25, -0.2) is 18.7 Å². The summed E-state index contributed by atoms with van der Waals surface area (Å²) in [4.78, 5) is 11.0. The van der Waals surface area contributed by atoms with E-state index in [0.717, 1.165) is 30.6 Å². The molecule has 0 radical (unpaired) electrons. The van der Waals surface area contributed by atoms with Gasteiger partial charge in [0, 0.05) is 30.9 Å². The lowest BCUT2D eigenvalue weighted by Gasteiger charge is -2.42. The van der Waals surface area contributed by atoms with E-state index in [4.69, 9.17) is 0 Å². The minimum absolute atomic E-state index is 0.120. The Morgan fingerprint density at radius 2 is 1.78 bits per heavy atom. The van der Waals surface area contributed by atoms with Gasteiger partial charge in [-0.05, 0) is 61.4 Å². The Bertz CT molecular complexity index is 1070. The van der Waals surface area contributed by atoms with E-state index in [1.54, 1.807) is 18.5 Å². The van der Waals surface area contributed by atoms with Crippen molar-refractivity contribution in [2.24, 2.45) is 5.92 Å². The SMILES string of the molecule is CCN(C[C@@]1(C)CC[C@H](C(C)C)c2cc(-c3c(F)cccc3F)nnc21)c1ncccn1. The van der Waals surface area contributed by atoms with E-state index in [1.165, 1.54) is 18.2 Å². The maximum absolute atomic E-state index is 14.5. The first kappa shape index (κ1) is 22.2. The molecule has 2 aromatic heterocycles. The summed E-state index contributed by atoms with van der Waals surface area (Å²) in [6, 6.07) is 7.52. The van der Waals surface area contributed by atoms with Gasteiger partial charge in [-0.3, -0.25) is 0 Å². The molecule has 0 saturated carbocycles. The Hall–Kier alpha value is -2.96. The van der Waals surface area contributed by atoms with E-state index in [9.17, 15) is 8.78 Å². The van der Waals surface area contributed by atoms with Crippen LogP contribution in [0.5, 0.6) is 0 Å². The summed E-state index contributed by atoms with van der Waals surface area (Å²) < 4.78 is 28.9. The fourth-order valence-electron chi connectivity index (χ4n) is 4.82. The number of nitrogens with zero attached hydrogens (tertiary/aromatic N) is 5. The quantitative estimate of drug-likeness (QED) is 0.508. The number of fused-ring (bicyclic) bond motifs is 1. The molecule has 4 rings (SSSR count). The zero-order chi connectivity index (χ0) is 22.9. The fraction of sp³-hybridized carbons (Fsp3) is 0.440. The van der Waals surface area contributed by atoms with Gasteiger partial charge in [-0.1, -0.05) is 26.8 Å². The smallest absolute Gasteiger partial charge is 0.225 e. The third-order valence-corrected chi connectivity index (χ3v) is 6.58. The zero-order valence-corrected chi connectivity index (χ0v) is 19.0. The van der Waals surface area contributed by atoms with Crippen LogP contribution in [0.1, 0.15) is 57.7 Å². The van der Waals surface area contributed by atoms with Crippen molar-refractivity contribution in [2.45, 2.75) is 51.9 Å². The first-order valence-corrected chi connectivity index (χ1v) is 11.2. The van der Waals surface area contributed by atoms with Crippen molar-refractivity contribution >= 4 is 5.95 Å². The molecule has 2 heterocycles. The van der Waals surface area contributed by atoms with Gasteiger partial charge in [-0.2, -0.15) is 10.2 Å². The second kappa shape index (κ2) is 8.88.